The van der Waals surface area contributed by atoms with E-state index in [4.69, 9.17) is 0 Å². The zero-order chi connectivity index (χ0) is 23.3. The van der Waals surface area contributed by atoms with Crippen LogP contribution in [0, 0.1) is 29.8 Å². The van der Waals surface area contributed by atoms with Crippen LogP contribution in [0.25, 0.3) is 0 Å². The first kappa shape index (κ1) is 22.4. The van der Waals surface area contributed by atoms with Crippen molar-refractivity contribution in [1.82, 2.24) is 5.32 Å². The molecule has 9 heteroatoms. The minimum Gasteiger partial charge on any atom is -0.324 e. The van der Waals surface area contributed by atoms with Crippen molar-refractivity contribution in [3.63, 3.8) is 0 Å². The first-order chi connectivity index (χ1) is 15.2. The number of non-ortho nitro benzene ring substituents is 1. The molecule has 0 heterocycles. The molecule has 0 bridgehead atoms. The van der Waals surface area contributed by atoms with E-state index in [1.165, 1.54) is 0 Å². The summed E-state index contributed by atoms with van der Waals surface area (Å²) in [5.74, 6) is -1.35. The second-order valence-electron chi connectivity index (χ2n) is 7.15. The van der Waals surface area contributed by atoms with E-state index >= 15 is 0 Å². The predicted octanol–water partition coefficient (Wildman–Crippen LogP) is 4.85. The third kappa shape index (κ3) is 5.45. The van der Waals surface area contributed by atoms with Crippen LogP contribution in [0.15, 0.2) is 66.7 Å². The van der Waals surface area contributed by atoms with Crippen LogP contribution in [0.1, 0.15) is 22.7 Å². The number of carbonyl (C=O) groups excluding carboxylic acids is 2. The summed E-state index contributed by atoms with van der Waals surface area (Å²) in [4.78, 5) is 35.8. The molecule has 3 aromatic rings. The number of carbonyl (C=O) groups is 2. The van der Waals surface area contributed by atoms with Crippen LogP contribution in [0.2, 0.25) is 0 Å². The molecule has 3 aromatic carbocycles. The van der Waals surface area contributed by atoms with Crippen molar-refractivity contribution in [1.29, 1.82) is 0 Å². The van der Waals surface area contributed by atoms with Crippen molar-refractivity contribution in [3.8, 4) is 0 Å². The van der Waals surface area contributed by atoms with Gasteiger partial charge in [-0.1, -0.05) is 36.4 Å². The Labute approximate surface area is 183 Å². The smallest absolute Gasteiger partial charge is 0.320 e. The Kier molecular flexibility index (Phi) is 6.79. The zero-order valence-electron chi connectivity index (χ0n) is 17.4. The van der Waals surface area contributed by atoms with Crippen molar-refractivity contribution in [2.45, 2.75) is 19.9 Å². The van der Waals surface area contributed by atoms with Gasteiger partial charge in [-0.2, -0.15) is 0 Å². The van der Waals surface area contributed by atoms with Crippen LogP contribution >= 0.6 is 0 Å². The number of anilines is 2. The molecule has 0 saturated heterocycles. The number of hydrogen-bond acceptors (Lipinski definition) is 4. The molecular weight excluding hydrogens is 415 g/mol. The Bertz CT molecular complexity index is 1170. The average Bonchev–Trinajstić information content (AvgIpc) is 2.76. The lowest BCUT2D eigenvalue weighted by molar-refractivity contribution is -0.384. The van der Waals surface area contributed by atoms with Gasteiger partial charge in [0.25, 0.3) is 11.6 Å². The van der Waals surface area contributed by atoms with E-state index in [0.717, 1.165) is 29.3 Å². The summed E-state index contributed by atoms with van der Waals surface area (Å²) in [7, 11) is 0. The second-order valence-corrected chi connectivity index (χ2v) is 7.15. The maximum absolute atomic E-state index is 14.0. The fourth-order valence-corrected chi connectivity index (χ4v) is 2.99. The largest absolute Gasteiger partial charge is 0.324 e. The molecule has 3 amide bonds. The van der Waals surface area contributed by atoms with Crippen LogP contribution < -0.4 is 16.0 Å². The number of amides is 3. The standard InChI is InChI=1S/C23H21FN4O4/c1-14-8-9-17(12-15(14)2)25-22(29)21(16-6-4-3-5-7-16)27-23(30)26-20-13-18(28(31)32)10-11-19(20)24/h3-13,21H,1-2H3,(H,25,29)(H2,26,27,30). The van der Waals surface area contributed by atoms with E-state index in [1.807, 2.05) is 26.0 Å². The van der Waals surface area contributed by atoms with E-state index < -0.39 is 28.7 Å². The summed E-state index contributed by atoms with van der Waals surface area (Å²) in [6.45, 7) is 3.87. The number of hydrogen-bond donors (Lipinski definition) is 3. The van der Waals surface area contributed by atoms with Gasteiger partial charge in [0.1, 0.15) is 11.9 Å². The molecule has 0 spiro atoms. The van der Waals surface area contributed by atoms with Crippen LogP contribution in [-0.4, -0.2) is 16.9 Å². The summed E-state index contributed by atoms with van der Waals surface area (Å²) in [5, 5.41) is 18.4. The summed E-state index contributed by atoms with van der Waals surface area (Å²) < 4.78 is 14.0. The van der Waals surface area contributed by atoms with E-state index in [0.29, 0.717) is 11.3 Å². The first-order valence-electron chi connectivity index (χ1n) is 9.69. The Balaban J connectivity index is 1.81. The molecule has 1 atom stereocenters. The van der Waals surface area contributed by atoms with Crippen molar-refractivity contribution < 1.29 is 18.9 Å². The van der Waals surface area contributed by atoms with Gasteiger partial charge in [-0.25, -0.2) is 9.18 Å². The molecule has 0 radical (unpaired) electrons. The average molecular weight is 436 g/mol. The summed E-state index contributed by atoms with van der Waals surface area (Å²) >= 11 is 0. The van der Waals surface area contributed by atoms with Gasteiger partial charge in [0.05, 0.1) is 10.6 Å². The lowest BCUT2D eigenvalue weighted by Crippen LogP contribution is -2.39. The molecule has 3 rings (SSSR count). The molecule has 0 aromatic heterocycles. The normalized spacial score (nSPS) is 11.3. The number of rotatable bonds is 6. The van der Waals surface area contributed by atoms with Gasteiger partial charge in [0.2, 0.25) is 0 Å². The lowest BCUT2D eigenvalue weighted by Gasteiger charge is -2.20. The number of nitro groups is 1. The van der Waals surface area contributed by atoms with Gasteiger partial charge in [-0.05, 0) is 48.7 Å². The number of urea groups is 1. The predicted molar refractivity (Wildman–Crippen MR) is 119 cm³/mol. The highest BCUT2D eigenvalue weighted by Gasteiger charge is 2.24. The van der Waals surface area contributed by atoms with Crippen molar-refractivity contribution in [2.75, 3.05) is 10.6 Å². The number of halogens is 1. The maximum Gasteiger partial charge on any atom is 0.320 e. The van der Waals surface area contributed by atoms with Crippen LogP contribution in [0.3, 0.4) is 0 Å². The van der Waals surface area contributed by atoms with Crippen LogP contribution in [0.5, 0.6) is 0 Å². The molecule has 3 N–H and O–H groups in total. The number of nitrogens with one attached hydrogen (secondary N) is 3. The highest BCUT2D eigenvalue weighted by Crippen LogP contribution is 2.22. The topological polar surface area (TPSA) is 113 Å². The van der Waals surface area contributed by atoms with E-state index in [1.54, 1.807) is 36.4 Å². The Morgan fingerprint density at radius 2 is 1.66 bits per heavy atom. The maximum atomic E-state index is 14.0. The van der Waals surface area contributed by atoms with Gasteiger partial charge in [-0.15, -0.1) is 0 Å². The highest BCUT2D eigenvalue weighted by atomic mass is 19.1. The van der Waals surface area contributed by atoms with Crippen LogP contribution in [-0.2, 0) is 4.79 Å². The second kappa shape index (κ2) is 9.69. The molecule has 0 aliphatic rings. The molecule has 0 aliphatic carbocycles. The third-order valence-corrected chi connectivity index (χ3v) is 4.85. The molecule has 164 valence electrons. The fourth-order valence-electron chi connectivity index (χ4n) is 2.99. The minimum atomic E-state index is -1.10. The van der Waals surface area contributed by atoms with E-state index in [9.17, 15) is 24.1 Å². The van der Waals surface area contributed by atoms with E-state index in [-0.39, 0.29) is 11.4 Å². The fraction of sp³-hybridized carbons (Fsp3) is 0.130. The Morgan fingerprint density at radius 3 is 2.31 bits per heavy atom. The molecule has 32 heavy (non-hydrogen) atoms. The van der Waals surface area contributed by atoms with Crippen molar-refractivity contribution >= 4 is 29.0 Å². The monoisotopic (exact) mass is 436 g/mol. The SMILES string of the molecule is Cc1ccc(NC(=O)C(NC(=O)Nc2cc([N+](=O)[O-])ccc2F)c2ccccc2)cc1C. The molecule has 8 nitrogen and oxygen atoms in total. The molecule has 0 fully saturated rings. The lowest BCUT2D eigenvalue weighted by atomic mass is 10.1. The quantitative estimate of drug-likeness (QED) is 0.378. The molecular formula is C23H21FN4O4. The summed E-state index contributed by atoms with van der Waals surface area (Å²) in [5.41, 5.74) is 2.37. The van der Waals surface area contributed by atoms with Gasteiger partial charge in [0.15, 0.2) is 0 Å². The van der Waals surface area contributed by atoms with Gasteiger partial charge in [-0.3, -0.25) is 14.9 Å². The Hall–Kier alpha value is -4.27. The molecule has 0 saturated carbocycles. The van der Waals surface area contributed by atoms with Gasteiger partial charge in [0, 0.05) is 17.8 Å². The van der Waals surface area contributed by atoms with Gasteiger partial charge < -0.3 is 16.0 Å². The minimum absolute atomic E-state index is 0.377. The Morgan fingerprint density at radius 1 is 0.938 bits per heavy atom. The molecule has 1 unspecified atom stereocenters. The zero-order valence-corrected chi connectivity index (χ0v) is 17.4. The number of benzene rings is 3. The summed E-state index contributed by atoms with van der Waals surface area (Å²) in [6, 6.07) is 14.7. The molecule has 0 aliphatic heterocycles. The number of nitrogens with zero attached hydrogens (tertiary/aromatic N) is 1. The van der Waals surface area contributed by atoms with Crippen molar-refractivity contribution in [2.24, 2.45) is 0 Å². The first-order valence-corrected chi connectivity index (χ1v) is 9.69. The number of aryl methyl sites for hydroxylation is 2. The third-order valence-electron chi connectivity index (χ3n) is 4.85. The van der Waals surface area contributed by atoms with Gasteiger partial charge >= 0.3 is 6.03 Å². The van der Waals surface area contributed by atoms with E-state index in [2.05, 4.69) is 16.0 Å². The van der Waals surface area contributed by atoms with Crippen LogP contribution in [0.4, 0.5) is 26.2 Å². The number of nitro benzene ring substituents is 1. The van der Waals surface area contributed by atoms with Crippen molar-refractivity contribution in [3.05, 3.63) is 99.4 Å². The highest BCUT2D eigenvalue weighted by molar-refractivity contribution is 6.00. The summed E-state index contributed by atoms with van der Waals surface area (Å²) in [6.07, 6.45) is 0.